The van der Waals surface area contributed by atoms with E-state index in [4.69, 9.17) is 10.9 Å². The third-order valence-corrected chi connectivity index (χ3v) is 4.68. The van der Waals surface area contributed by atoms with Crippen molar-refractivity contribution in [2.75, 3.05) is 13.6 Å². The maximum atomic E-state index is 12.3. The topological polar surface area (TPSA) is 114 Å². The van der Waals surface area contributed by atoms with Gasteiger partial charge in [0.25, 0.3) is 0 Å². The first kappa shape index (κ1) is 14.5. The van der Waals surface area contributed by atoms with Crippen molar-refractivity contribution in [3.8, 4) is 0 Å². The standard InChI is InChI=1S/C9H17N5O3S/c1-6-9(7(2)14(4)11-6)18(16,17)13(3)5-8(10)12-15/h15H,5H2,1-4H3,(H2,10,12). The molecule has 8 nitrogen and oxygen atoms in total. The Hall–Kier alpha value is -1.61. The number of hydrogen-bond acceptors (Lipinski definition) is 5. The molecular formula is C9H17N5O3S. The van der Waals surface area contributed by atoms with Gasteiger partial charge in [-0.15, -0.1) is 0 Å². The molecule has 102 valence electrons. The summed E-state index contributed by atoms with van der Waals surface area (Å²) in [5, 5.41) is 15.3. The van der Waals surface area contributed by atoms with E-state index in [9.17, 15) is 8.42 Å². The maximum absolute atomic E-state index is 12.3. The van der Waals surface area contributed by atoms with Crippen LogP contribution in [0.15, 0.2) is 10.1 Å². The normalized spacial score (nSPS) is 13.3. The van der Waals surface area contributed by atoms with E-state index in [1.54, 1.807) is 20.9 Å². The van der Waals surface area contributed by atoms with Gasteiger partial charge in [0.1, 0.15) is 4.90 Å². The molecule has 1 rings (SSSR count). The smallest absolute Gasteiger partial charge is 0.246 e. The zero-order valence-electron chi connectivity index (χ0n) is 10.7. The van der Waals surface area contributed by atoms with Crippen molar-refractivity contribution in [1.29, 1.82) is 0 Å². The van der Waals surface area contributed by atoms with Crippen molar-refractivity contribution >= 4 is 15.9 Å². The zero-order chi connectivity index (χ0) is 14.1. The number of hydrogen-bond donors (Lipinski definition) is 2. The summed E-state index contributed by atoms with van der Waals surface area (Å²) in [4.78, 5) is 0.151. The monoisotopic (exact) mass is 275 g/mol. The van der Waals surface area contributed by atoms with Crippen molar-refractivity contribution in [1.82, 2.24) is 14.1 Å². The quantitative estimate of drug-likeness (QED) is 0.330. The van der Waals surface area contributed by atoms with Crippen LogP contribution in [-0.4, -0.2) is 47.1 Å². The lowest BCUT2D eigenvalue weighted by molar-refractivity contribution is 0.315. The molecular weight excluding hydrogens is 258 g/mol. The zero-order valence-corrected chi connectivity index (χ0v) is 11.6. The first-order valence-electron chi connectivity index (χ1n) is 5.14. The first-order chi connectivity index (χ1) is 8.21. The van der Waals surface area contributed by atoms with Crippen molar-refractivity contribution in [3.05, 3.63) is 11.4 Å². The molecule has 0 saturated heterocycles. The van der Waals surface area contributed by atoms with Crippen LogP contribution >= 0.6 is 0 Å². The Labute approximate surface area is 106 Å². The number of oxime groups is 1. The Kier molecular flexibility index (Phi) is 3.97. The Morgan fingerprint density at radius 3 is 2.50 bits per heavy atom. The van der Waals surface area contributed by atoms with Crippen LogP contribution in [0.2, 0.25) is 0 Å². The number of nitrogens with zero attached hydrogens (tertiary/aromatic N) is 4. The second kappa shape index (κ2) is 4.94. The van der Waals surface area contributed by atoms with E-state index in [1.165, 1.54) is 11.7 Å². The van der Waals surface area contributed by atoms with E-state index >= 15 is 0 Å². The molecule has 0 aliphatic rings. The van der Waals surface area contributed by atoms with Gasteiger partial charge in [0.2, 0.25) is 10.0 Å². The summed E-state index contributed by atoms with van der Waals surface area (Å²) in [5.74, 6) is -0.180. The SMILES string of the molecule is Cc1nn(C)c(C)c1S(=O)(=O)N(C)CC(N)=NO. The number of sulfonamides is 1. The fourth-order valence-electron chi connectivity index (χ4n) is 1.63. The number of nitrogens with two attached hydrogens (primary N) is 1. The van der Waals surface area contributed by atoms with Gasteiger partial charge in [0.05, 0.1) is 17.9 Å². The fourth-order valence-corrected chi connectivity index (χ4v) is 3.16. The molecule has 1 heterocycles. The number of aryl methyl sites for hydroxylation is 2. The van der Waals surface area contributed by atoms with Crippen LogP contribution in [-0.2, 0) is 17.1 Å². The minimum Gasteiger partial charge on any atom is -0.409 e. The van der Waals surface area contributed by atoms with Crippen LogP contribution in [0, 0.1) is 13.8 Å². The third-order valence-electron chi connectivity index (χ3n) is 2.62. The van der Waals surface area contributed by atoms with Crippen molar-refractivity contribution < 1.29 is 13.6 Å². The van der Waals surface area contributed by atoms with E-state index in [1.807, 2.05) is 0 Å². The highest BCUT2D eigenvalue weighted by molar-refractivity contribution is 7.89. The summed E-state index contributed by atoms with van der Waals surface area (Å²) >= 11 is 0. The van der Waals surface area contributed by atoms with E-state index < -0.39 is 10.0 Å². The van der Waals surface area contributed by atoms with Crippen LogP contribution in [0.25, 0.3) is 0 Å². The van der Waals surface area contributed by atoms with Gasteiger partial charge in [0, 0.05) is 14.1 Å². The van der Waals surface area contributed by atoms with Crippen LogP contribution in [0.4, 0.5) is 0 Å². The van der Waals surface area contributed by atoms with Gasteiger partial charge in [-0.1, -0.05) is 5.16 Å². The molecule has 1 aromatic rings. The molecule has 0 aromatic carbocycles. The predicted molar refractivity (Wildman–Crippen MR) is 65.9 cm³/mol. The van der Waals surface area contributed by atoms with Gasteiger partial charge < -0.3 is 10.9 Å². The highest BCUT2D eigenvalue weighted by Gasteiger charge is 2.28. The molecule has 0 aliphatic heterocycles. The highest BCUT2D eigenvalue weighted by atomic mass is 32.2. The molecule has 9 heteroatoms. The highest BCUT2D eigenvalue weighted by Crippen LogP contribution is 2.21. The summed E-state index contributed by atoms with van der Waals surface area (Å²) in [5.41, 5.74) is 6.26. The average molecular weight is 275 g/mol. The van der Waals surface area contributed by atoms with Crippen LogP contribution < -0.4 is 5.73 Å². The second-order valence-electron chi connectivity index (χ2n) is 3.98. The summed E-state index contributed by atoms with van der Waals surface area (Å²) < 4.78 is 27.2. The van der Waals surface area contributed by atoms with E-state index in [-0.39, 0.29) is 17.3 Å². The van der Waals surface area contributed by atoms with Gasteiger partial charge >= 0.3 is 0 Å². The van der Waals surface area contributed by atoms with Crippen molar-refractivity contribution in [3.63, 3.8) is 0 Å². The van der Waals surface area contributed by atoms with Gasteiger partial charge in [-0.2, -0.15) is 9.40 Å². The average Bonchev–Trinajstić information content (AvgIpc) is 2.52. The summed E-state index contributed by atoms with van der Waals surface area (Å²) in [6.45, 7) is 3.11. The van der Waals surface area contributed by atoms with Gasteiger partial charge in [0.15, 0.2) is 5.84 Å². The fraction of sp³-hybridized carbons (Fsp3) is 0.556. The molecule has 0 fully saturated rings. The third kappa shape index (κ3) is 2.46. The summed E-state index contributed by atoms with van der Waals surface area (Å²) in [6, 6.07) is 0. The molecule has 0 unspecified atom stereocenters. The van der Waals surface area contributed by atoms with E-state index in [2.05, 4.69) is 10.3 Å². The molecule has 0 atom stereocenters. The van der Waals surface area contributed by atoms with Gasteiger partial charge in [-0.3, -0.25) is 4.68 Å². The second-order valence-corrected chi connectivity index (χ2v) is 5.96. The molecule has 0 bridgehead atoms. The molecule has 1 aromatic heterocycles. The van der Waals surface area contributed by atoms with Gasteiger partial charge in [-0.05, 0) is 13.8 Å². The van der Waals surface area contributed by atoms with E-state index in [0.29, 0.717) is 11.4 Å². The molecule has 3 N–H and O–H groups in total. The van der Waals surface area contributed by atoms with Crippen molar-refractivity contribution in [2.24, 2.45) is 17.9 Å². The maximum Gasteiger partial charge on any atom is 0.246 e. The van der Waals surface area contributed by atoms with Crippen LogP contribution in [0.3, 0.4) is 0 Å². The summed E-state index contributed by atoms with van der Waals surface area (Å²) in [6.07, 6.45) is 0. The molecule has 0 aliphatic carbocycles. The molecule has 0 amide bonds. The lowest BCUT2D eigenvalue weighted by atomic mass is 10.4. The molecule has 0 radical (unpaired) electrons. The van der Waals surface area contributed by atoms with Crippen LogP contribution in [0.5, 0.6) is 0 Å². The Morgan fingerprint density at radius 1 is 1.56 bits per heavy atom. The Balaban J connectivity index is 3.22. The largest absolute Gasteiger partial charge is 0.409 e. The number of aromatic nitrogens is 2. The lowest BCUT2D eigenvalue weighted by Gasteiger charge is -2.16. The van der Waals surface area contributed by atoms with Gasteiger partial charge in [-0.25, -0.2) is 8.42 Å². The Morgan fingerprint density at radius 2 is 2.11 bits per heavy atom. The first-order valence-corrected chi connectivity index (χ1v) is 6.58. The number of rotatable bonds is 4. The van der Waals surface area contributed by atoms with Crippen molar-refractivity contribution in [2.45, 2.75) is 18.7 Å². The van der Waals surface area contributed by atoms with E-state index in [0.717, 1.165) is 4.31 Å². The molecule has 18 heavy (non-hydrogen) atoms. The minimum absolute atomic E-state index is 0.151. The Bertz CT molecular complexity index is 575. The minimum atomic E-state index is -3.71. The van der Waals surface area contributed by atoms with Crippen LogP contribution in [0.1, 0.15) is 11.4 Å². The number of amidine groups is 1. The summed E-state index contributed by atoms with van der Waals surface area (Å²) in [7, 11) is -0.675. The molecule has 0 saturated carbocycles. The number of likely N-dealkylation sites (N-methyl/N-ethyl adjacent to an activating group) is 1. The molecule has 0 spiro atoms. The predicted octanol–water partition coefficient (Wildman–Crippen LogP) is -0.596. The lowest BCUT2D eigenvalue weighted by Crippen LogP contribution is -2.36.